The van der Waals surface area contributed by atoms with Crippen LogP contribution >= 0.6 is 0 Å². The summed E-state index contributed by atoms with van der Waals surface area (Å²) in [5, 5.41) is 3.74. The van der Waals surface area contributed by atoms with Crippen LogP contribution in [0.25, 0.3) is 10.9 Å². The quantitative estimate of drug-likeness (QED) is 0.470. The van der Waals surface area contributed by atoms with Gasteiger partial charge in [-0.2, -0.15) is 0 Å². The van der Waals surface area contributed by atoms with Crippen molar-refractivity contribution in [2.24, 2.45) is 0 Å². The second-order valence-electron chi connectivity index (χ2n) is 7.29. The molecule has 31 heavy (non-hydrogen) atoms. The van der Waals surface area contributed by atoms with Crippen molar-refractivity contribution < 1.29 is 13.2 Å². The van der Waals surface area contributed by atoms with Crippen molar-refractivity contribution in [2.45, 2.75) is 18.7 Å². The van der Waals surface area contributed by atoms with Crippen LogP contribution in [0.1, 0.15) is 21.5 Å². The number of hydrogen-bond acceptors (Lipinski definition) is 4. The Labute approximate surface area is 181 Å². The normalized spacial score (nSPS) is 11.3. The van der Waals surface area contributed by atoms with E-state index in [0.29, 0.717) is 16.9 Å². The molecule has 0 spiro atoms. The van der Waals surface area contributed by atoms with Crippen LogP contribution in [-0.2, 0) is 10.0 Å². The lowest BCUT2D eigenvalue weighted by atomic mass is 10.1. The van der Waals surface area contributed by atoms with E-state index in [1.165, 1.54) is 24.3 Å². The van der Waals surface area contributed by atoms with E-state index >= 15 is 0 Å². The molecule has 1 heterocycles. The van der Waals surface area contributed by atoms with Gasteiger partial charge in [0.05, 0.1) is 10.4 Å². The molecule has 0 unspecified atom stereocenters. The molecular formula is C24H21N3O3S. The van der Waals surface area contributed by atoms with Gasteiger partial charge in [-0.15, -0.1) is 0 Å². The Morgan fingerprint density at radius 2 is 1.58 bits per heavy atom. The monoisotopic (exact) mass is 431 g/mol. The minimum Gasteiger partial charge on any atom is -0.322 e. The molecule has 0 radical (unpaired) electrons. The fourth-order valence-corrected chi connectivity index (χ4v) is 4.21. The molecule has 7 heteroatoms. The largest absolute Gasteiger partial charge is 0.322 e. The van der Waals surface area contributed by atoms with Crippen LogP contribution in [0.3, 0.4) is 0 Å². The first-order valence-electron chi connectivity index (χ1n) is 9.68. The molecule has 0 fully saturated rings. The molecular weight excluding hydrogens is 410 g/mol. The van der Waals surface area contributed by atoms with E-state index in [9.17, 15) is 13.2 Å². The summed E-state index contributed by atoms with van der Waals surface area (Å²) in [6.07, 6.45) is 1.71. The SMILES string of the molecule is Cc1ccc(NS(=O)(=O)c2ccc(C(=O)Nc3ccc4ncccc4c3)cc2)cc1C. The highest BCUT2D eigenvalue weighted by Gasteiger charge is 2.16. The fraction of sp³-hybridized carbons (Fsp3) is 0.0833. The summed E-state index contributed by atoms with van der Waals surface area (Å²) in [7, 11) is -3.76. The number of carbonyl (C=O) groups excluding carboxylic acids is 1. The zero-order valence-electron chi connectivity index (χ0n) is 17.1. The predicted molar refractivity (Wildman–Crippen MR) is 123 cm³/mol. The standard InChI is InChI=1S/C24H21N3O3S/c1-16-5-8-21(14-17(16)2)27-31(29,30)22-10-6-18(7-11-22)24(28)26-20-9-12-23-19(15-20)4-3-13-25-23/h3-15,27H,1-2H3,(H,26,28). The zero-order valence-corrected chi connectivity index (χ0v) is 17.9. The second-order valence-corrected chi connectivity index (χ2v) is 8.98. The molecule has 6 nitrogen and oxygen atoms in total. The molecule has 0 saturated carbocycles. The number of amides is 1. The average molecular weight is 432 g/mol. The second kappa shape index (κ2) is 8.20. The Balaban J connectivity index is 1.49. The van der Waals surface area contributed by atoms with Crippen molar-refractivity contribution in [2.75, 3.05) is 10.0 Å². The summed E-state index contributed by atoms with van der Waals surface area (Å²) in [4.78, 5) is 16.9. The minimum absolute atomic E-state index is 0.0825. The molecule has 3 aromatic carbocycles. The van der Waals surface area contributed by atoms with Gasteiger partial charge in [0.1, 0.15) is 0 Å². The van der Waals surface area contributed by atoms with Gasteiger partial charge in [-0.25, -0.2) is 8.42 Å². The third-order valence-corrected chi connectivity index (χ3v) is 6.44. The number of aromatic nitrogens is 1. The van der Waals surface area contributed by atoms with Gasteiger partial charge >= 0.3 is 0 Å². The van der Waals surface area contributed by atoms with Crippen molar-refractivity contribution >= 4 is 38.2 Å². The van der Waals surface area contributed by atoms with Crippen molar-refractivity contribution in [3.8, 4) is 0 Å². The van der Waals surface area contributed by atoms with Crippen LogP contribution in [0.4, 0.5) is 11.4 Å². The number of sulfonamides is 1. The van der Waals surface area contributed by atoms with Crippen LogP contribution in [-0.4, -0.2) is 19.3 Å². The van der Waals surface area contributed by atoms with Crippen LogP contribution in [0, 0.1) is 13.8 Å². The predicted octanol–water partition coefficient (Wildman–Crippen LogP) is 4.90. The summed E-state index contributed by atoms with van der Waals surface area (Å²) in [5.41, 5.74) is 4.41. The molecule has 156 valence electrons. The van der Waals surface area contributed by atoms with Crippen molar-refractivity contribution in [1.82, 2.24) is 4.98 Å². The van der Waals surface area contributed by atoms with E-state index in [2.05, 4.69) is 15.0 Å². The smallest absolute Gasteiger partial charge is 0.261 e. The Bertz CT molecular complexity index is 1380. The lowest BCUT2D eigenvalue weighted by Crippen LogP contribution is -2.15. The fourth-order valence-electron chi connectivity index (χ4n) is 3.16. The maximum atomic E-state index is 12.7. The molecule has 1 aromatic heterocycles. The molecule has 1 amide bonds. The van der Waals surface area contributed by atoms with Gasteiger partial charge in [0, 0.05) is 28.5 Å². The number of carbonyl (C=O) groups is 1. The van der Waals surface area contributed by atoms with Crippen molar-refractivity contribution in [1.29, 1.82) is 0 Å². The topological polar surface area (TPSA) is 88.2 Å². The molecule has 2 N–H and O–H groups in total. The number of pyridine rings is 1. The van der Waals surface area contributed by atoms with Gasteiger partial charge in [-0.05, 0) is 85.6 Å². The Morgan fingerprint density at radius 3 is 2.32 bits per heavy atom. The van der Waals surface area contributed by atoms with E-state index in [1.54, 1.807) is 24.4 Å². The number of anilines is 2. The van der Waals surface area contributed by atoms with Gasteiger partial charge in [0.15, 0.2) is 0 Å². The van der Waals surface area contributed by atoms with E-state index in [-0.39, 0.29) is 10.8 Å². The van der Waals surface area contributed by atoms with Gasteiger partial charge in [0.2, 0.25) is 0 Å². The Morgan fingerprint density at radius 1 is 0.839 bits per heavy atom. The highest BCUT2D eigenvalue weighted by molar-refractivity contribution is 7.92. The summed E-state index contributed by atoms with van der Waals surface area (Å²) < 4.78 is 27.9. The van der Waals surface area contributed by atoms with Crippen LogP contribution in [0.2, 0.25) is 0 Å². The Kier molecular flexibility index (Phi) is 5.44. The van der Waals surface area contributed by atoms with Crippen molar-refractivity contribution in [3.05, 3.63) is 95.7 Å². The first-order valence-corrected chi connectivity index (χ1v) is 11.2. The lowest BCUT2D eigenvalue weighted by Gasteiger charge is -2.11. The maximum absolute atomic E-state index is 12.7. The van der Waals surface area contributed by atoms with Gasteiger partial charge in [-0.1, -0.05) is 12.1 Å². The first-order chi connectivity index (χ1) is 14.8. The van der Waals surface area contributed by atoms with E-state index < -0.39 is 10.0 Å². The van der Waals surface area contributed by atoms with E-state index in [0.717, 1.165) is 22.0 Å². The molecule has 0 saturated heterocycles. The Hall–Kier alpha value is -3.71. The number of benzene rings is 3. The number of hydrogen-bond donors (Lipinski definition) is 2. The number of fused-ring (bicyclic) bond motifs is 1. The molecule has 4 aromatic rings. The zero-order chi connectivity index (χ0) is 22.0. The maximum Gasteiger partial charge on any atom is 0.261 e. The van der Waals surface area contributed by atoms with Crippen molar-refractivity contribution in [3.63, 3.8) is 0 Å². The molecule has 0 bridgehead atoms. The number of aryl methyl sites for hydroxylation is 2. The highest BCUT2D eigenvalue weighted by atomic mass is 32.2. The third kappa shape index (κ3) is 4.57. The summed E-state index contributed by atoms with van der Waals surface area (Å²) in [6.45, 7) is 3.89. The van der Waals surface area contributed by atoms with E-state index in [1.807, 2.05) is 44.2 Å². The number of rotatable bonds is 5. The number of nitrogens with one attached hydrogen (secondary N) is 2. The number of nitrogens with zero attached hydrogens (tertiary/aromatic N) is 1. The van der Waals surface area contributed by atoms with Crippen LogP contribution < -0.4 is 10.0 Å². The lowest BCUT2D eigenvalue weighted by molar-refractivity contribution is 0.102. The molecule has 4 rings (SSSR count). The summed E-state index contributed by atoms with van der Waals surface area (Å²) in [6, 6.07) is 20.4. The van der Waals surface area contributed by atoms with Gasteiger partial charge in [-0.3, -0.25) is 14.5 Å². The van der Waals surface area contributed by atoms with Gasteiger partial charge in [0.25, 0.3) is 15.9 Å². The molecule has 0 atom stereocenters. The third-order valence-electron chi connectivity index (χ3n) is 5.05. The van der Waals surface area contributed by atoms with Crippen LogP contribution in [0.15, 0.2) is 83.9 Å². The summed E-state index contributed by atoms with van der Waals surface area (Å²) >= 11 is 0. The molecule has 0 aliphatic carbocycles. The van der Waals surface area contributed by atoms with Crippen LogP contribution in [0.5, 0.6) is 0 Å². The average Bonchev–Trinajstić information content (AvgIpc) is 2.76. The summed E-state index contributed by atoms with van der Waals surface area (Å²) in [5.74, 6) is -0.325. The first kappa shape index (κ1) is 20.6. The van der Waals surface area contributed by atoms with Gasteiger partial charge < -0.3 is 5.32 Å². The minimum atomic E-state index is -3.76. The molecule has 0 aliphatic rings. The van der Waals surface area contributed by atoms with E-state index in [4.69, 9.17) is 0 Å². The molecule has 0 aliphatic heterocycles. The highest BCUT2D eigenvalue weighted by Crippen LogP contribution is 2.21.